The van der Waals surface area contributed by atoms with Gasteiger partial charge in [-0.1, -0.05) is 0 Å². The number of hydrogen-bond acceptors (Lipinski definition) is 12. The largest absolute Gasteiger partial charge is 0.394 e. The molecule has 24 heavy (non-hydrogen) atoms. The predicted molar refractivity (Wildman–Crippen MR) is 73.8 cm³/mol. The molecule has 2 saturated heterocycles. The molecule has 0 aliphatic carbocycles. The fraction of sp³-hybridized carbons (Fsp3) is 1.00. The number of aliphatic hydroxyl groups excluding tert-OH is 8. The highest BCUT2D eigenvalue weighted by molar-refractivity contribution is 5.00. The molecule has 0 aromatic rings. The van der Waals surface area contributed by atoms with Gasteiger partial charge in [-0.3, -0.25) is 5.73 Å². The van der Waals surface area contributed by atoms with Crippen LogP contribution in [0, 0.1) is 0 Å². The van der Waals surface area contributed by atoms with Gasteiger partial charge in [0.1, 0.15) is 55.1 Å². The minimum absolute atomic E-state index is 0.676. The molecule has 11 N–H and O–H groups in total. The summed E-state index contributed by atoms with van der Waals surface area (Å²) in [5.74, 6) is -2.26. The van der Waals surface area contributed by atoms with Crippen molar-refractivity contribution in [3.05, 3.63) is 0 Å². The Morgan fingerprint density at radius 2 is 1.33 bits per heavy atom. The SMILES string of the molecule is NC1(N[C@@H]2O[C@H](CO)[C@H](O)[C@H](O)[C@H]2O)O[C@H](CO)[C@@H](O)[C@H](O)[C@H]1O. The van der Waals surface area contributed by atoms with Crippen molar-refractivity contribution in [1.29, 1.82) is 0 Å². The fourth-order valence-corrected chi connectivity index (χ4v) is 2.76. The summed E-state index contributed by atoms with van der Waals surface area (Å²) in [5, 5.41) is 79.6. The topological polar surface area (TPSA) is 218 Å². The lowest BCUT2D eigenvalue weighted by Gasteiger charge is -2.50. The van der Waals surface area contributed by atoms with Gasteiger partial charge in [0, 0.05) is 0 Å². The first-order chi connectivity index (χ1) is 11.2. The van der Waals surface area contributed by atoms with Gasteiger partial charge < -0.3 is 50.3 Å². The summed E-state index contributed by atoms with van der Waals surface area (Å²) >= 11 is 0. The molecule has 0 aromatic heterocycles. The number of rotatable bonds is 4. The molecule has 142 valence electrons. The summed E-state index contributed by atoms with van der Waals surface area (Å²) in [6.07, 6.45) is -14.3. The second kappa shape index (κ2) is 7.41. The van der Waals surface area contributed by atoms with E-state index in [0.29, 0.717) is 0 Å². The van der Waals surface area contributed by atoms with Gasteiger partial charge in [0.05, 0.1) is 13.2 Å². The van der Waals surface area contributed by atoms with Crippen molar-refractivity contribution in [2.75, 3.05) is 13.2 Å². The Balaban J connectivity index is 2.18. The highest BCUT2D eigenvalue weighted by Crippen LogP contribution is 2.27. The fourth-order valence-electron chi connectivity index (χ4n) is 2.76. The van der Waals surface area contributed by atoms with Crippen LogP contribution in [0.5, 0.6) is 0 Å². The average Bonchev–Trinajstić information content (AvgIpc) is 2.57. The molecule has 0 spiro atoms. The van der Waals surface area contributed by atoms with Crippen LogP contribution in [0.4, 0.5) is 0 Å². The van der Waals surface area contributed by atoms with Crippen molar-refractivity contribution in [3.8, 4) is 0 Å². The van der Waals surface area contributed by atoms with Crippen LogP contribution in [0.2, 0.25) is 0 Å². The molecule has 10 atom stereocenters. The molecule has 2 aliphatic rings. The van der Waals surface area contributed by atoms with E-state index in [1.54, 1.807) is 0 Å². The molecule has 2 rings (SSSR count). The van der Waals surface area contributed by atoms with Crippen molar-refractivity contribution in [1.82, 2.24) is 5.32 Å². The standard InChI is InChI=1S/C12H24N2O10/c13-12(10(22)8(20)6(18)4(2-16)24-12)14-11-9(21)7(19)5(17)3(1-15)23-11/h3-11,14-22H,1-2,13H2/t3-,4-,5+,6-,7+,8+,9-,10-,11-,12?/m1/s1. The van der Waals surface area contributed by atoms with Gasteiger partial charge >= 0.3 is 0 Å². The Bertz CT molecular complexity index is 427. The van der Waals surface area contributed by atoms with Crippen LogP contribution in [0.15, 0.2) is 0 Å². The molecule has 0 amide bonds. The third-order valence-corrected chi connectivity index (χ3v) is 4.28. The van der Waals surface area contributed by atoms with E-state index in [1.165, 1.54) is 0 Å². The number of ether oxygens (including phenoxy) is 2. The normalized spacial score (nSPS) is 53.1. The Morgan fingerprint density at radius 3 is 1.88 bits per heavy atom. The Morgan fingerprint density at radius 1 is 0.792 bits per heavy atom. The van der Waals surface area contributed by atoms with E-state index >= 15 is 0 Å². The second-order valence-corrected chi connectivity index (χ2v) is 5.95. The molecule has 2 aliphatic heterocycles. The van der Waals surface area contributed by atoms with Crippen molar-refractivity contribution >= 4 is 0 Å². The third kappa shape index (κ3) is 3.41. The Kier molecular flexibility index (Phi) is 6.12. The molecule has 0 aromatic carbocycles. The van der Waals surface area contributed by atoms with E-state index in [2.05, 4.69) is 5.32 Å². The van der Waals surface area contributed by atoms with Gasteiger partial charge in [-0.25, -0.2) is 5.32 Å². The second-order valence-electron chi connectivity index (χ2n) is 5.95. The summed E-state index contributed by atoms with van der Waals surface area (Å²) in [6.45, 7) is -1.40. The van der Waals surface area contributed by atoms with E-state index < -0.39 is 74.1 Å². The number of nitrogens with one attached hydrogen (secondary N) is 1. The first-order valence-corrected chi connectivity index (χ1v) is 7.36. The molecular formula is C12H24N2O10. The van der Waals surface area contributed by atoms with Crippen molar-refractivity contribution < 1.29 is 50.3 Å². The summed E-state index contributed by atoms with van der Waals surface area (Å²) in [4.78, 5) is 0. The van der Waals surface area contributed by atoms with Crippen LogP contribution in [0.25, 0.3) is 0 Å². The van der Waals surface area contributed by atoms with Gasteiger partial charge in [-0.05, 0) is 0 Å². The van der Waals surface area contributed by atoms with Crippen molar-refractivity contribution in [3.63, 3.8) is 0 Å². The lowest BCUT2D eigenvalue weighted by Crippen LogP contribution is -2.78. The van der Waals surface area contributed by atoms with Gasteiger partial charge in [0.25, 0.3) is 0 Å². The Labute approximate surface area is 136 Å². The molecular weight excluding hydrogens is 332 g/mol. The van der Waals surface area contributed by atoms with E-state index in [0.717, 1.165) is 0 Å². The van der Waals surface area contributed by atoms with Gasteiger partial charge in [-0.15, -0.1) is 0 Å². The lowest BCUT2D eigenvalue weighted by atomic mass is 9.94. The van der Waals surface area contributed by atoms with E-state index in [1.807, 2.05) is 0 Å². The van der Waals surface area contributed by atoms with Crippen LogP contribution in [0.1, 0.15) is 0 Å². The molecule has 0 saturated carbocycles. The van der Waals surface area contributed by atoms with Gasteiger partial charge in [0.2, 0.25) is 5.85 Å². The maximum Gasteiger partial charge on any atom is 0.204 e. The number of nitrogens with two attached hydrogens (primary N) is 1. The molecule has 1 unspecified atom stereocenters. The number of aliphatic hydroxyl groups is 8. The maximum absolute atomic E-state index is 10.0. The van der Waals surface area contributed by atoms with Crippen LogP contribution in [0.3, 0.4) is 0 Å². The molecule has 2 heterocycles. The summed E-state index contributed by atoms with van der Waals surface area (Å²) in [7, 11) is 0. The zero-order chi connectivity index (χ0) is 18.2. The maximum atomic E-state index is 10.0. The molecule has 12 nitrogen and oxygen atoms in total. The molecule has 0 bridgehead atoms. The third-order valence-electron chi connectivity index (χ3n) is 4.28. The first kappa shape index (κ1) is 19.8. The van der Waals surface area contributed by atoms with Crippen molar-refractivity contribution in [2.45, 2.75) is 60.9 Å². The number of hydrogen-bond donors (Lipinski definition) is 10. The summed E-state index contributed by atoms with van der Waals surface area (Å²) in [5.41, 5.74) is 5.82. The smallest absolute Gasteiger partial charge is 0.204 e. The van der Waals surface area contributed by atoms with Crippen LogP contribution in [-0.2, 0) is 9.47 Å². The highest BCUT2D eigenvalue weighted by atomic mass is 16.6. The Hall–Kier alpha value is -0.480. The van der Waals surface area contributed by atoms with Crippen molar-refractivity contribution in [2.24, 2.45) is 5.73 Å². The minimum atomic E-state index is -2.26. The summed E-state index contributed by atoms with van der Waals surface area (Å²) < 4.78 is 10.3. The van der Waals surface area contributed by atoms with Gasteiger partial charge in [-0.2, -0.15) is 0 Å². The minimum Gasteiger partial charge on any atom is -0.394 e. The monoisotopic (exact) mass is 356 g/mol. The van der Waals surface area contributed by atoms with Crippen LogP contribution < -0.4 is 11.1 Å². The predicted octanol–water partition coefficient (Wildman–Crippen LogP) is -6.54. The molecule has 2 fully saturated rings. The van der Waals surface area contributed by atoms with E-state index in [9.17, 15) is 30.6 Å². The van der Waals surface area contributed by atoms with E-state index in [4.69, 9.17) is 25.4 Å². The molecule has 12 heteroatoms. The average molecular weight is 356 g/mol. The summed E-state index contributed by atoms with van der Waals surface area (Å²) in [6, 6.07) is 0. The lowest BCUT2D eigenvalue weighted by molar-refractivity contribution is -0.309. The van der Waals surface area contributed by atoms with E-state index in [-0.39, 0.29) is 0 Å². The first-order valence-electron chi connectivity index (χ1n) is 7.36. The van der Waals surface area contributed by atoms with Gasteiger partial charge in [0.15, 0.2) is 0 Å². The molecule has 0 radical (unpaired) electrons. The quantitative estimate of drug-likeness (QED) is 0.213. The zero-order valence-electron chi connectivity index (χ0n) is 12.6. The zero-order valence-corrected chi connectivity index (χ0v) is 12.6. The van der Waals surface area contributed by atoms with Crippen LogP contribution in [-0.4, -0.2) is 115 Å². The van der Waals surface area contributed by atoms with Crippen LogP contribution >= 0.6 is 0 Å². The highest BCUT2D eigenvalue weighted by Gasteiger charge is 2.54.